The van der Waals surface area contributed by atoms with Crippen molar-refractivity contribution in [3.05, 3.63) is 29.8 Å². The summed E-state index contributed by atoms with van der Waals surface area (Å²) in [4.78, 5) is 11.9. The van der Waals surface area contributed by atoms with E-state index in [1.165, 1.54) is 0 Å². The number of nitrogens with two attached hydrogens (primary N) is 1. The van der Waals surface area contributed by atoms with E-state index in [1.807, 2.05) is 13.8 Å². The van der Waals surface area contributed by atoms with E-state index in [1.54, 1.807) is 24.3 Å². The van der Waals surface area contributed by atoms with Gasteiger partial charge in [0.2, 0.25) is 5.91 Å². The van der Waals surface area contributed by atoms with Crippen LogP contribution < -0.4 is 11.1 Å². The zero-order valence-electron chi connectivity index (χ0n) is 11.3. The van der Waals surface area contributed by atoms with Gasteiger partial charge in [0.25, 0.3) is 0 Å². The van der Waals surface area contributed by atoms with Gasteiger partial charge in [-0.25, -0.2) is 0 Å². The molecule has 0 saturated heterocycles. The number of amides is 1. The molecule has 5 nitrogen and oxygen atoms in total. The van der Waals surface area contributed by atoms with Crippen molar-refractivity contribution in [3.63, 3.8) is 0 Å². The maximum absolute atomic E-state index is 11.9. The normalized spacial score (nSPS) is 15.6. The molecule has 1 aromatic carbocycles. The van der Waals surface area contributed by atoms with E-state index in [0.29, 0.717) is 6.42 Å². The maximum atomic E-state index is 11.9. The van der Waals surface area contributed by atoms with Crippen LogP contribution in [0.4, 0.5) is 0 Å². The molecule has 5 heteroatoms. The second-order valence-electron chi connectivity index (χ2n) is 4.93. The number of aliphatic hydroxyl groups is 1. The Bertz CT molecular complexity index is 406. The van der Waals surface area contributed by atoms with Gasteiger partial charge < -0.3 is 21.3 Å². The molecule has 0 aliphatic carbocycles. The molecule has 0 saturated carbocycles. The van der Waals surface area contributed by atoms with Crippen LogP contribution in [0.1, 0.15) is 19.4 Å². The Morgan fingerprint density at radius 1 is 1.32 bits per heavy atom. The highest BCUT2D eigenvalue weighted by Gasteiger charge is 2.19. The van der Waals surface area contributed by atoms with Crippen molar-refractivity contribution in [3.8, 4) is 5.75 Å². The Hall–Kier alpha value is -1.59. The number of benzene rings is 1. The van der Waals surface area contributed by atoms with Gasteiger partial charge in [0.05, 0.1) is 6.04 Å². The van der Waals surface area contributed by atoms with E-state index in [4.69, 9.17) is 10.8 Å². The van der Waals surface area contributed by atoms with Crippen LogP contribution >= 0.6 is 0 Å². The molecule has 3 atom stereocenters. The molecule has 3 unspecified atom stereocenters. The minimum atomic E-state index is -0.641. The Morgan fingerprint density at radius 2 is 1.89 bits per heavy atom. The zero-order chi connectivity index (χ0) is 14.4. The van der Waals surface area contributed by atoms with Crippen LogP contribution in [-0.4, -0.2) is 34.8 Å². The number of rotatable bonds is 6. The summed E-state index contributed by atoms with van der Waals surface area (Å²) in [6, 6.07) is 5.85. The van der Waals surface area contributed by atoms with E-state index in [0.717, 1.165) is 5.56 Å². The van der Waals surface area contributed by atoms with Gasteiger partial charge in [-0.1, -0.05) is 19.1 Å². The number of phenolic OH excluding ortho intramolecular Hbond substituents is 1. The van der Waals surface area contributed by atoms with Gasteiger partial charge in [0, 0.05) is 12.6 Å². The van der Waals surface area contributed by atoms with Crippen LogP contribution in [-0.2, 0) is 11.2 Å². The number of aliphatic hydroxyl groups excluding tert-OH is 1. The quantitative estimate of drug-likeness (QED) is 0.599. The highest BCUT2D eigenvalue weighted by Crippen LogP contribution is 2.11. The predicted octanol–water partition coefficient (Wildman–Crippen LogP) is 0.395. The number of phenols is 1. The highest BCUT2D eigenvalue weighted by atomic mass is 16.3. The lowest BCUT2D eigenvalue weighted by molar-refractivity contribution is -0.123. The summed E-state index contributed by atoms with van der Waals surface area (Å²) in [6.45, 7) is 3.72. The first kappa shape index (κ1) is 15.5. The first-order chi connectivity index (χ1) is 8.93. The molecule has 0 bridgehead atoms. The molecule has 0 fully saturated rings. The first-order valence-electron chi connectivity index (χ1n) is 6.38. The lowest BCUT2D eigenvalue weighted by atomic mass is 10.0. The molecule has 0 aliphatic rings. The van der Waals surface area contributed by atoms with Gasteiger partial charge in [0.1, 0.15) is 5.75 Å². The van der Waals surface area contributed by atoms with E-state index in [9.17, 15) is 9.90 Å². The van der Waals surface area contributed by atoms with Crippen molar-refractivity contribution in [2.24, 2.45) is 11.7 Å². The topological polar surface area (TPSA) is 95.6 Å². The summed E-state index contributed by atoms with van der Waals surface area (Å²) in [7, 11) is 0. The third kappa shape index (κ3) is 4.89. The van der Waals surface area contributed by atoms with Gasteiger partial charge >= 0.3 is 0 Å². The average molecular weight is 266 g/mol. The van der Waals surface area contributed by atoms with Gasteiger partial charge in [-0.2, -0.15) is 0 Å². The van der Waals surface area contributed by atoms with Crippen LogP contribution in [0.25, 0.3) is 0 Å². The molecular formula is C14H22N2O3. The Morgan fingerprint density at radius 3 is 2.42 bits per heavy atom. The molecule has 19 heavy (non-hydrogen) atoms. The van der Waals surface area contributed by atoms with Crippen molar-refractivity contribution in [1.29, 1.82) is 0 Å². The van der Waals surface area contributed by atoms with Gasteiger partial charge in [-0.15, -0.1) is 0 Å². The largest absolute Gasteiger partial charge is 0.508 e. The van der Waals surface area contributed by atoms with Gasteiger partial charge in [0.15, 0.2) is 0 Å². The zero-order valence-corrected chi connectivity index (χ0v) is 11.3. The Kier molecular flexibility index (Phi) is 5.79. The lowest BCUT2D eigenvalue weighted by Crippen LogP contribution is -2.47. The van der Waals surface area contributed by atoms with Crippen LogP contribution in [0, 0.1) is 5.92 Å². The summed E-state index contributed by atoms with van der Waals surface area (Å²) in [6.07, 6.45) is 0.409. The fraction of sp³-hybridized carbons (Fsp3) is 0.500. The third-order valence-electron chi connectivity index (χ3n) is 3.24. The minimum Gasteiger partial charge on any atom is -0.508 e. The molecule has 0 aromatic heterocycles. The standard InChI is InChI=1S/C14H22N2O3/c1-9(8-17)10(2)16-14(19)13(15)7-11-3-5-12(18)6-4-11/h3-6,9-10,13,17-18H,7-8,15H2,1-2H3,(H,16,19). The summed E-state index contributed by atoms with van der Waals surface area (Å²) in [5.41, 5.74) is 6.73. The summed E-state index contributed by atoms with van der Waals surface area (Å²) in [5.74, 6) is -0.0575. The average Bonchev–Trinajstić information content (AvgIpc) is 2.40. The third-order valence-corrected chi connectivity index (χ3v) is 3.24. The SMILES string of the molecule is CC(CO)C(C)NC(=O)C(N)Cc1ccc(O)cc1. The fourth-order valence-corrected chi connectivity index (χ4v) is 1.61. The molecule has 1 rings (SSSR count). The van der Waals surface area contributed by atoms with Crippen molar-refractivity contribution >= 4 is 5.91 Å². The number of carbonyl (C=O) groups excluding carboxylic acids is 1. The van der Waals surface area contributed by atoms with Crippen LogP contribution in [0.5, 0.6) is 5.75 Å². The first-order valence-corrected chi connectivity index (χ1v) is 6.38. The van der Waals surface area contributed by atoms with E-state index in [-0.39, 0.29) is 30.2 Å². The van der Waals surface area contributed by atoms with Crippen LogP contribution in [0.3, 0.4) is 0 Å². The molecule has 0 radical (unpaired) electrons. The van der Waals surface area contributed by atoms with Crippen molar-refractivity contribution in [1.82, 2.24) is 5.32 Å². The van der Waals surface area contributed by atoms with Crippen LogP contribution in [0.15, 0.2) is 24.3 Å². The maximum Gasteiger partial charge on any atom is 0.237 e. The number of nitrogens with one attached hydrogen (secondary N) is 1. The van der Waals surface area contributed by atoms with Crippen molar-refractivity contribution < 1.29 is 15.0 Å². The lowest BCUT2D eigenvalue weighted by Gasteiger charge is -2.21. The van der Waals surface area contributed by atoms with E-state index in [2.05, 4.69) is 5.32 Å². The number of hydrogen-bond donors (Lipinski definition) is 4. The summed E-state index contributed by atoms with van der Waals surface area (Å²) < 4.78 is 0. The van der Waals surface area contributed by atoms with Crippen LogP contribution in [0.2, 0.25) is 0 Å². The van der Waals surface area contributed by atoms with Crippen molar-refractivity contribution in [2.45, 2.75) is 32.4 Å². The Labute approximate surface area is 113 Å². The fourth-order valence-electron chi connectivity index (χ4n) is 1.61. The molecule has 0 spiro atoms. The molecule has 0 heterocycles. The Balaban J connectivity index is 2.51. The van der Waals surface area contributed by atoms with Gasteiger partial charge in [-0.3, -0.25) is 4.79 Å². The second kappa shape index (κ2) is 7.11. The second-order valence-corrected chi connectivity index (χ2v) is 4.93. The number of carbonyl (C=O) groups is 1. The number of hydrogen-bond acceptors (Lipinski definition) is 4. The molecule has 1 aromatic rings. The predicted molar refractivity (Wildman–Crippen MR) is 73.6 cm³/mol. The smallest absolute Gasteiger partial charge is 0.237 e. The molecule has 0 aliphatic heterocycles. The van der Waals surface area contributed by atoms with E-state index >= 15 is 0 Å². The molecule has 106 valence electrons. The molecule has 1 amide bonds. The summed E-state index contributed by atoms with van der Waals surface area (Å²) >= 11 is 0. The van der Waals surface area contributed by atoms with Crippen molar-refractivity contribution in [2.75, 3.05) is 6.61 Å². The minimum absolute atomic E-state index is 0.00942. The highest BCUT2D eigenvalue weighted by molar-refractivity contribution is 5.82. The monoisotopic (exact) mass is 266 g/mol. The molecular weight excluding hydrogens is 244 g/mol. The van der Waals surface area contributed by atoms with Gasteiger partial charge in [-0.05, 0) is 37.0 Å². The number of aromatic hydroxyl groups is 1. The summed E-state index contributed by atoms with van der Waals surface area (Å²) in [5, 5.41) is 21.0. The van der Waals surface area contributed by atoms with E-state index < -0.39 is 6.04 Å². The molecule has 5 N–H and O–H groups in total.